The number of hydrogen-bond donors (Lipinski definition) is 7. The highest BCUT2D eigenvalue weighted by Gasteiger charge is 2.30. The molecule has 13 nitrogen and oxygen atoms in total. The molecule has 300 valence electrons. The predicted octanol–water partition coefficient (Wildman–Crippen LogP) is 1.91. The lowest BCUT2D eigenvalue weighted by Crippen LogP contribution is -2.58. The Morgan fingerprint density at radius 1 is 0.431 bits per heavy atom. The Bertz CT molecular complexity index is 2150. The Morgan fingerprint density at radius 3 is 1.43 bits per heavy atom. The molecule has 3 atom stereocenters. The van der Waals surface area contributed by atoms with Gasteiger partial charge >= 0.3 is 0 Å². The monoisotopic (exact) mass is 784 g/mol. The number of rotatable bonds is 20. The molecule has 0 saturated heterocycles. The zero-order valence-corrected chi connectivity index (χ0v) is 32.0. The first-order chi connectivity index (χ1) is 28.2. The van der Waals surface area contributed by atoms with E-state index in [-0.39, 0.29) is 57.8 Å². The molecule has 0 aliphatic rings. The summed E-state index contributed by atoms with van der Waals surface area (Å²) in [7, 11) is 0. The van der Waals surface area contributed by atoms with Gasteiger partial charge in [-0.15, -0.1) is 0 Å². The standard InChI is InChI=1S/C45H48N6O7/c52-23-22-46-41(54)29-48-43(56)37(25-31-12-4-1-5-13-31)50-45(58)39(27-33-16-8-3-9-17-33)51-44(57)38(26-32-14-6-2-7-15-32)49-42(55)30-47-40(53)28-34-20-21-35-18-10-11-19-36(35)24-34/h1-21,24,37-39,52H,22-23,25-30H2,(H,46,54)(H,47,53)(H,48,56)(H,49,55)(H,50,58)(H,51,57)/t37-,38-,39-/m0/s1. The molecule has 0 unspecified atom stereocenters. The third kappa shape index (κ3) is 13.7. The number of benzene rings is 5. The van der Waals surface area contributed by atoms with Gasteiger partial charge < -0.3 is 37.0 Å². The molecule has 0 radical (unpaired) electrons. The largest absolute Gasteiger partial charge is 0.395 e. The normalized spacial score (nSPS) is 12.3. The molecule has 0 aromatic heterocycles. The Labute approximate surface area is 337 Å². The smallest absolute Gasteiger partial charge is 0.243 e. The average molecular weight is 785 g/mol. The van der Waals surface area contributed by atoms with Crippen molar-refractivity contribution in [3.8, 4) is 0 Å². The summed E-state index contributed by atoms with van der Waals surface area (Å²) in [4.78, 5) is 80.0. The predicted molar refractivity (Wildman–Crippen MR) is 220 cm³/mol. The first-order valence-corrected chi connectivity index (χ1v) is 19.1. The number of aliphatic hydroxyl groups is 1. The van der Waals surface area contributed by atoms with Gasteiger partial charge in [0.1, 0.15) is 18.1 Å². The average Bonchev–Trinajstić information content (AvgIpc) is 3.24. The van der Waals surface area contributed by atoms with Crippen molar-refractivity contribution in [2.45, 2.75) is 43.8 Å². The van der Waals surface area contributed by atoms with E-state index in [9.17, 15) is 28.8 Å². The van der Waals surface area contributed by atoms with Gasteiger partial charge in [0.2, 0.25) is 35.4 Å². The summed E-state index contributed by atoms with van der Waals surface area (Å²) in [5.41, 5.74) is 3.00. The summed E-state index contributed by atoms with van der Waals surface area (Å²) in [6, 6.07) is 37.1. The molecule has 0 bridgehead atoms. The number of nitrogens with one attached hydrogen (secondary N) is 6. The summed E-state index contributed by atoms with van der Waals surface area (Å²) in [6.07, 6.45) is 0.281. The van der Waals surface area contributed by atoms with Gasteiger partial charge in [0.25, 0.3) is 0 Å². The van der Waals surface area contributed by atoms with Crippen LogP contribution in [0.5, 0.6) is 0 Å². The number of hydrogen-bond acceptors (Lipinski definition) is 7. The van der Waals surface area contributed by atoms with Crippen LogP contribution in [0.25, 0.3) is 10.8 Å². The van der Waals surface area contributed by atoms with Crippen molar-refractivity contribution in [1.29, 1.82) is 0 Å². The van der Waals surface area contributed by atoms with Gasteiger partial charge in [0.05, 0.1) is 26.1 Å². The molecule has 0 aliphatic heterocycles. The maximum atomic E-state index is 14.1. The molecule has 0 aliphatic carbocycles. The molecule has 6 amide bonds. The third-order valence-corrected chi connectivity index (χ3v) is 9.25. The van der Waals surface area contributed by atoms with Crippen LogP contribution in [0.2, 0.25) is 0 Å². The van der Waals surface area contributed by atoms with Gasteiger partial charge in [-0.25, -0.2) is 0 Å². The van der Waals surface area contributed by atoms with Crippen molar-refractivity contribution in [3.05, 3.63) is 156 Å². The Hall–Kier alpha value is -6.86. The fourth-order valence-electron chi connectivity index (χ4n) is 6.29. The molecule has 7 N–H and O–H groups in total. The zero-order chi connectivity index (χ0) is 41.1. The molecule has 5 aromatic rings. The van der Waals surface area contributed by atoms with Gasteiger partial charge in [-0.3, -0.25) is 28.8 Å². The van der Waals surface area contributed by atoms with E-state index in [0.717, 1.165) is 33.0 Å². The van der Waals surface area contributed by atoms with Crippen molar-refractivity contribution in [2.75, 3.05) is 26.2 Å². The van der Waals surface area contributed by atoms with Crippen LogP contribution in [0.4, 0.5) is 0 Å². The summed E-state index contributed by atoms with van der Waals surface area (Å²) in [5.74, 6) is -3.43. The first kappa shape index (κ1) is 42.3. The topological polar surface area (TPSA) is 195 Å². The SMILES string of the molecule is O=C(CNC(=O)[C@H](Cc1ccccc1)NC(=O)[C@H](Cc1ccccc1)NC(=O)[C@H](Cc1ccccc1)NC(=O)CNC(=O)Cc1ccc2ccccc2c1)NCCO. The number of carbonyl (C=O) groups excluding carboxylic acids is 6. The Kier molecular flexibility index (Phi) is 16.1. The van der Waals surface area contributed by atoms with Crippen molar-refractivity contribution in [3.63, 3.8) is 0 Å². The van der Waals surface area contributed by atoms with Crippen LogP contribution in [-0.2, 0) is 54.5 Å². The molecule has 5 rings (SSSR count). The first-order valence-electron chi connectivity index (χ1n) is 19.1. The minimum Gasteiger partial charge on any atom is -0.395 e. The van der Waals surface area contributed by atoms with Crippen molar-refractivity contribution < 1.29 is 33.9 Å². The van der Waals surface area contributed by atoms with Crippen LogP contribution in [0, 0.1) is 0 Å². The van der Waals surface area contributed by atoms with E-state index < -0.39 is 47.7 Å². The van der Waals surface area contributed by atoms with E-state index in [2.05, 4.69) is 31.9 Å². The molecule has 13 heteroatoms. The second-order valence-electron chi connectivity index (χ2n) is 13.7. The van der Waals surface area contributed by atoms with Crippen molar-refractivity contribution >= 4 is 46.2 Å². The number of aliphatic hydroxyl groups excluding tert-OH is 1. The van der Waals surface area contributed by atoms with Crippen LogP contribution >= 0.6 is 0 Å². The number of amides is 6. The fraction of sp³-hybridized carbons (Fsp3) is 0.244. The Balaban J connectivity index is 1.29. The maximum Gasteiger partial charge on any atom is 0.243 e. The Morgan fingerprint density at radius 2 is 0.897 bits per heavy atom. The lowest BCUT2D eigenvalue weighted by Gasteiger charge is -2.26. The van der Waals surface area contributed by atoms with E-state index in [4.69, 9.17) is 5.11 Å². The molecule has 0 heterocycles. The molecular formula is C45H48N6O7. The molecule has 0 fully saturated rings. The molecule has 0 spiro atoms. The van der Waals surface area contributed by atoms with Crippen LogP contribution in [0.15, 0.2) is 133 Å². The van der Waals surface area contributed by atoms with Gasteiger partial charge in [0.15, 0.2) is 0 Å². The van der Waals surface area contributed by atoms with Gasteiger partial charge in [-0.1, -0.05) is 133 Å². The third-order valence-electron chi connectivity index (χ3n) is 9.25. The summed E-state index contributed by atoms with van der Waals surface area (Å²) in [6.45, 7) is -1.01. The summed E-state index contributed by atoms with van der Waals surface area (Å²) in [5, 5.41) is 27.0. The summed E-state index contributed by atoms with van der Waals surface area (Å²) < 4.78 is 0. The quantitative estimate of drug-likeness (QED) is 0.0627. The molecule has 5 aromatic carbocycles. The van der Waals surface area contributed by atoms with E-state index in [1.54, 1.807) is 60.7 Å². The number of carbonyl (C=O) groups is 6. The van der Waals surface area contributed by atoms with Crippen molar-refractivity contribution in [2.24, 2.45) is 0 Å². The second kappa shape index (κ2) is 22.0. The van der Waals surface area contributed by atoms with E-state index in [1.807, 2.05) is 72.8 Å². The van der Waals surface area contributed by atoms with Crippen LogP contribution in [0.3, 0.4) is 0 Å². The van der Waals surface area contributed by atoms with E-state index in [1.165, 1.54) is 0 Å². The molecule has 0 saturated carbocycles. The van der Waals surface area contributed by atoms with E-state index >= 15 is 0 Å². The van der Waals surface area contributed by atoms with Crippen LogP contribution < -0.4 is 31.9 Å². The molecule has 58 heavy (non-hydrogen) atoms. The van der Waals surface area contributed by atoms with Crippen LogP contribution in [0.1, 0.15) is 22.3 Å². The second-order valence-corrected chi connectivity index (χ2v) is 13.7. The lowest BCUT2D eigenvalue weighted by molar-refractivity contribution is -0.134. The highest BCUT2D eigenvalue weighted by Crippen LogP contribution is 2.16. The van der Waals surface area contributed by atoms with Gasteiger partial charge in [0, 0.05) is 25.8 Å². The van der Waals surface area contributed by atoms with Gasteiger partial charge in [-0.2, -0.15) is 0 Å². The minimum absolute atomic E-state index is 0.0200. The van der Waals surface area contributed by atoms with Crippen molar-refractivity contribution in [1.82, 2.24) is 31.9 Å². The highest BCUT2D eigenvalue weighted by molar-refractivity contribution is 5.96. The van der Waals surface area contributed by atoms with Crippen LogP contribution in [-0.4, -0.2) is 84.9 Å². The number of fused-ring (bicyclic) bond motifs is 1. The summed E-state index contributed by atoms with van der Waals surface area (Å²) >= 11 is 0. The van der Waals surface area contributed by atoms with E-state index in [0.29, 0.717) is 0 Å². The fourth-order valence-corrected chi connectivity index (χ4v) is 6.29. The molecular weight excluding hydrogens is 737 g/mol. The highest BCUT2D eigenvalue weighted by atomic mass is 16.3. The zero-order valence-electron chi connectivity index (χ0n) is 32.0. The van der Waals surface area contributed by atoms with Gasteiger partial charge in [-0.05, 0) is 33.0 Å². The lowest BCUT2D eigenvalue weighted by atomic mass is 10.0. The maximum absolute atomic E-state index is 14.1. The minimum atomic E-state index is -1.19.